The highest BCUT2D eigenvalue weighted by Gasteiger charge is 2.07. The summed E-state index contributed by atoms with van der Waals surface area (Å²) in [6, 6.07) is 7.86. The summed E-state index contributed by atoms with van der Waals surface area (Å²) in [5, 5.41) is 10.7. The molecule has 0 aliphatic rings. The van der Waals surface area contributed by atoms with Gasteiger partial charge in [0.1, 0.15) is 0 Å². The first-order chi connectivity index (χ1) is 12.0. The number of benzene rings is 1. The molecule has 3 aromatic rings. The molecule has 1 aromatic carbocycles. The Labute approximate surface area is 145 Å². The van der Waals surface area contributed by atoms with Crippen LogP contribution in [0.25, 0.3) is 10.9 Å². The van der Waals surface area contributed by atoms with Crippen LogP contribution in [0.15, 0.2) is 50.2 Å². The predicted molar refractivity (Wildman–Crippen MR) is 94.9 cm³/mol. The van der Waals surface area contributed by atoms with Crippen LogP contribution in [0.4, 0.5) is 0 Å². The standard InChI is InChI=1S/C15H14N6O3S/c1-21-7-9(10-4-2-3-5-11(10)21)6-16-18-12(22)8-25-14-13(23)17-15(24)20-19-14/h2-7H,8H2,1H3,(H,18,22)(H2,17,20,23,24)/b16-6+. The van der Waals surface area contributed by atoms with Crippen molar-refractivity contribution < 1.29 is 4.79 Å². The van der Waals surface area contributed by atoms with Crippen LogP contribution in [-0.4, -0.2) is 37.6 Å². The molecule has 0 atom stereocenters. The van der Waals surface area contributed by atoms with Gasteiger partial charge >= 0.3 is 5.69 Å². The van der Waals surface area contributed by atoms with Crippen molar-refractivity contribution in [2.75, 3.05) is 5.75 Å². The Hall–Kier alpha value is -3.14. The molecular weight excluding hydrogens is 344 g/mol. The maximum Gasteiger partial charge on any atom is 0.342 e. The van der Waals surface area contributed by atoms with Crippen LogP contribution in [0.3, 0.4) is 0 Å². The van der Waals surface area contributed by atoms with Gasteiger partial charge in [0, 0.05) is 29.7 Å². The van der Waals surface area contributed by atoms with Crippen molar-refractivity contribution in [3.8, 4) is 0 Å². The third kappa shape index (κ3) is 3.86. The van der Waals surface area contributed by atoms with E-state index in [-0.39, 0.29) is 10.8 Å². The number of aromatic nitrogens is 4. The largest absolute Gasteiger partial charge is 0.350 e. The van der Waals surface area contributed by atoms with E-state index < -0.39 is 17.2 Å². The molecule has 128 valence electrons. The number of rotatable bonds is 5. The fraction of sp³-hybridized carbons (Fsp3) is 0.133. The van der Waals surface area contributed by atoms with Crippen LogP contribution < -0.4 is 16.7 Å². The molecule has 2 heterocycles. The van der Waals surface area contributed by atoms with Crippen molar-refractivity contribution in [2.24, 2.45) is 12.1 Å². The number of nitrogens with one attached hydrogen (secondary N) is 3. The summed E-state index contributed by atoms with van der Waals surface area (Å²) in [6.45, 7) is 0. The van der Waals surface area contributed by atoms with E-state index in [1.807, 2.05) is 47.1 Å². The van der Waals surface area contributed by atoms with Crippen LogP contribution in [0.1, 0.15) is 5.56 Å². The summed E-state index contributed by atoms with van der Waals surface area (Å²) in [6.07, 6.45) is 3.48. The SMILES string of the molecule is Cn1cc(/C=N/NC(=O)CSc2n[nH]c(=O)[nH]c2=O)c2ccccc21. The molecule has 0 aliphatic carbocycles. The fourth-order valence-corrected chi connectivity index (χ4v) is 2.88. The second-order valence-electron chi connectivity index (χ2n) is 5.11. The van der Waals surface area contributed by atoms with Gasteiger partial charge in [-0.3, -0.25) is 14.6 Å². The summed E-state index contributed by atoms with van der Waals surface area (Å²) in [4.78, 5) is 36.1. The average Bonchev–Trinajstić information content (AvgIpc) is 2.91. The van der Waals surface area contributed by atoms with Gasteiger partial charge in [0.15, 0.2) is 5.03 Å². The lowest BCUT2D eigenvalue weighted by atomic mass is 10.2. The summed E-state index contributed by atoms with van der Waals surface area (Å²) in [5.74, 6) is -0.455. The normalized spacial score (nSPS) is 11.2. The molecule has 0 saturated carbocycles. The van der Waals surface area contributed by atoms with Gasteiger partial charge in [0.2, 0.25) is 5.91 Å². The minimum atomic E-state index is -0.696. The van der Waals surface area contributed by atoms with Gasteiger partial charge in [-0.25, -0.2) is 15.3 Å². The minimum Gasteiger partial charge on any atom is -0.350 e. The van der Waals surface area contributed by atoms with Crippen LogP contribution >= 0.6 is 11.8 Å². The molecule has 25 heavy (non-hydrogen) atoms. The van der Waals surface area contributed by atoms with Gasteiger partial charge < -0.3 is 4.57 Å². The van der Waals surface area contributed by atoms with Crippen molar-refractivity contribution in [3.05, 3.63) is 56.9 Å². The Morgan fingerprint density at radius 1 is 1.40 bits per heavy atom. The maximum absolute atomic E-state index is 11.8. The number of amides is 1. The Morgan fingerprint density at radius 2 is 2.20 bits per heavy atom. The van der Waals surface area contributed by atoms with Crippen molar-refractivity contribution >= 4 is 34.8 Å². The van der Waals surface area contributed by atoms with Gasteiger partial charge in [0.25, 0.3) is 5.56 Å². The van der Waals surface area contributed by atoms with Crippen LogP contribution in [0.2, 0.25) is 0 Å². The lowest BCUT2D eigenvalue weighted by molar-refractivity contribution is -0.118. The molecule has 2 aromatic heterocycles. The van der Waals surface area contributed by atoms with E-state index in [1.165, 1.54) is 0 Å². The van der Waals surface area contributed by atoms with Crippen LogP contribution in [0, 0.1) is 0 Å². The van der Waals surface area contributed by atoms with Crippen molar-refractivity contribution in [1.82, 2.24) is 25.2 Å². The monoisotopic (exact) mass is 358 g/mol. The summed E-state index contributed by atoms with van der Waals surface area (Å²) in [7, 11) is 1.93. The zero-order valence-electron chi connectivity index (χ0n) is 13.1. The number of nitrogens with zero attached hydrogens (tertiary/aromatic N) is 3. The number of H-pyrrole nitrogens is 2. The Balaban J connectivity index is 1.61. The first kappa shape index (κ1) is 16.7. The van der Waals surface area contributed by atoms with Crippen molar-refractivity contribution in [1.29, 1.82) is 0 Å². The molecule has 9 nitrogen and oxygen atoms in total. The number of thioether (sulfide) groups is 1. The third-order valence-electron chi connectivity index (χ3n) is 3.34. The number of aromatic amines is 2. The summed E-state index contributed by atoms with van der Waals surface area (Å²) in [5.41, 5.74) is 3.00. The molecule has 0 aliphatic heterocycles. The van der Waals surface area contributed by atoms with Gasteiger partial charge in [-0.15, -0.1) is 0 Å². The molecule has 0 fully saturated rings. The highest BCUT2D eigenvalue weighted by molar-refractivity contribution is 7.99. The Morgan fingerprint density at radius 3 is 3.00 bits per heavy atom. The zero-order valence-corrected chi connectivity index (χ0v) is 14.0. The number of hydrogen-bond acceptors (Lipinski definition) is 6. The Kier molecular flexibility index (Phi) is 4.80. The van der Waals surface area contributed by atoms with Gasteiger partial charge in [0.05, 0.1) is 12.0 Å². The summed E-state index contributed by atoms with van der Waals surface area (Å²) < 4.78 is 1.97. The van der Waals surface area contributed by atoms with E-state index in [2.05, 4.69) is 20.7 Å². The number of carbonyl (C=O) groups is 1. The fourth-order valence-electron chi connectivity index (χ4n) is 2.25. The number of para-hydroxylation sites is 1. The Bertz CT molecular complexity index is 1060. The van der Waals surface area contributed by atoms with Crippen molar-refractivity contribution in [2.45, 2.75) is 5.03 Å². The average molecular weight is 358 g/mol. The quantitative estimate of drug-likeness (QED) is 0.341. The second-order valence-corrected chi connectivity index (χ2v) is 6.07. The minimum absolute atomic E-state index is 0.00721. The lowest BCUT2D eigenvalue weighted by Crippen LogP contribution is -2.26. The van der Waals surface area contributed by atoms with Gasteiger partial charge in [-0.05, 0) is 6.07 Å². The van der Waals surface area contributed by atoms with Gasteiger partial charge in [-0.1, -0.05) is 30.0 Å². The first-order valence-corrected chi connectivity index (χ1v) is 8.21. The van der Waals surface area contributed by atoms with E-state index in [4.69, 9.17) is 0 Å². The molecular formula is C15H14N6O3S. The molecule has 0 spiro atoms. The first-order valence-electron chi connectivity index (χ1n) is 7.22. The molecule has 1 amide bonds. The molecule has 0 saturated heterocycles. The topological polar surface area (TPSA) is 125 Å². The van der Waals surface area contributed by atoms with E-state index in [1.54, 1.807) is 6.21 Å². The molecule has 3 N–H and O–H groups in total. The number of carbonyl (C=O) groups excluding carboxylic acids is 1. The highest BCUT2D eigenvalue weighted by Crippen LogP contribution is 2.18. The molecule has 3 rings (SSSR count). The number of hydrazone groups is 1. The van der Waals surface area contributed by atoms with E-state index in [0.717, 1.165) is 28.2 Å². The van der Waals surface area contributed by atoms with Gasteiger partial charge in [-0.2, -0.15) is 10.2 Å². The van der Waals surface area contributed by atoms with E-state index >= 15 is 0 Å². The van der Waals surface area contributed by atoms with E-state index in [0.29, 0.717) is 0 Å². The smallest absolute Gasteiger partial charge is 0.342 e. The number of hydrogen-bond donors (Lipinski definition) is 3. The maximum atomic E-state index is 11.8. The van der Waals surface area contributed by atoms with Crippen LogP contribution in [0.5, 0.6) is 0 Å². The van der Waals surface area contributed by atoms with Crippen molar-refractivity contribution in [3.63, 3.8) is 0 Å². The molecule has 0 bridgehead atoms. The molecule has 10 heteroatoms. The lowest BCUT2D eigenvalue weighted by Gasteiger charge is -1.98. The summed E-state index contributed by atoms with van der Waals surface area (Å²) >= 11 is 0.902. The zero-order chi connectivity index (χ0) is 17.8. The molecule has 0 unspecified atom stereocenters. The van der Waals surface area contributed by atoms with Crippen LogP contribution in [-0.2, 0) is 11.8 Å². The second kappa shape index (κ2) is 7.18. The molecule has 0 radical (unpaired) electrons. The van der Waals surface area contributed by atoms with E-state index in [9.17, 15) is 14.4 Å². The highest BCUT2D eigenvalue weighted by atomic mass is 32.2. The number of fused-ring (bicyclic) bond motifs is 1. The number of aryl methyl sites for hydroxylation is 1. The predicted octanol–water partition coefficient (Wildman–Crippen LogP) is 0.192. The third-order valence-corrected chi connectivity index (χ3v) is 4.30.